The fourth-order valence-electron chi connectivity index (χ4n) is 7.08. The van der Waals surface area contributed by atoms with Gasteiger partial charge in [-0.25, -0.2) is 0 Å². The number of unbranched alkanes of at least 4 members (excludes halogenated alkanes) is 1. The summed E-state index contributed by atoms with van der Waals surface area (Å²) in [5, 5.41) is 0. The van der Waals surface area contributed by atoms with Crippen molar-refractivity contribution in [1.82, 2.24) is 4.90 Å². The van der Waals surface area contributed by atoms with Crippen LogP contribution in [0.2, 0.25) is 0 Å². The van der Waals surface area contributed by atoms with Gasteiger partial charge in [-0.05, 0) is 65.3 Å². The number of nitrogens with two attached hydrogens (primary N) is 7. The molecule has 1 aliphatic heterocycles. The molecule has 0 aromatic carbocycles. The molecule has 1 fully saturated rings. The van der Waals surface area contributed by atoms with Crippen molar-refractivity contribution in [3.63, 3.8) is 0 Å². The summed E-state index contributed by atoms with van der Waals surface area (Å²) >= 11 is 0. The summed E-state index contributed by atoms with van der Waals surface area (Å²) in [4.78, 5) is 117. The van der Waals surface area contributed by atoms with Crippen LogP contribution in [-0.2, 0) is 47.9 Å². The van der Waals surface area contributed by atoms with E-state index in [1.165, 1.54) is 6.92 Å². The Hall–Kier alpha value is -2.03. The Balaban J connectivity index is -0.0000000992. The maximum atomic E-state index is 12.4. The summed E-state index contributed by atoms with van der Waals surface area (Å²) in [7, 11) is 0. The molecular formula is C61H130N8O10S5. The maximum Gasteiger partial charge on any atom is 0.240 e. The molecule has 0 bridgehead atoms. The minimum Gasteiger partial charge on any atom is -0.331 e. The normalized spacial score (nSPS) is 15.1. The van der Waals surface area contributed by atoms with Crippen molar-refractivity contribution in [2.45, 2.75) is 267 Å². The standard InChI is InChI=1S/C15H29N3O2.C13H23NO3.C11H21NO2.C9H19NO.C7H15NO.C6H13NO.5H2S/c1-15(2,3)13(19)12-8-6-10-18(12)14(20)11(17)7-4-5-9-16;1-9(15)5-6-10(14)11(16)7-8-12(17)13(2,3)4;1-7(6-9(13)8(2)12)10(14)11(3,4)5;1-6(2)7(10)8(11)9(3,4)5;1-5(8)6(9)7(2,3)4;1-6(2,3)5(8)4-7;;;;;/h11-12H,4-10,16-17H2,1-3H3;10H,5-8,14H2,1-4H3;7-8H,6,12H2,1-5H3;6-7H,10H2,1-5H3;5H,8H2,1-4H3;4,7H2,1-3H3;5*1H2/t11-,12-;10-;7-,8+;7-;5-;;;;;;/m00100....../s1. The van der Waals surface area contributed by atoms with Gasteiger partial charge in [-0.3, -0.25) is 43.2 Å². The summed E-state index contributed by atoms with van der Waals surface area (Å²) < 4.78 is 0. The Morgan fingerprint density at radius 1 is 0.476 bits per heavy atom. The predicted molar refractivity (Wildman–Crippen MR) is 374 cm³/mol. The quantitative estimate of drug-likeness (QED) is 0.0537. The topological polar surface area (TPSA) is 356 Å². The third kappa shape index (κ3) is 48.9. The number of hydrogen-bond acceptors (Lipinski definition) is 17. The predicted octanol–water partition coefficient (Wildman–Crippen LogP) is 7.90. The van der Waals surface area contributed by atoms with Crippen LogP contribution in [0.5, 0.6) is 0 Å². The highest BCUT2D eigenvalue weighted by molar-refractivity contribution is 7.60. The number of hydrogen-bond donors (Lipinski definition) is 7. The molecule has 1 heterocycles. The lowest BCUT2D eigenvalue weighted by Gasteiger charge is -2.30. The lowest BCUT2D eigenvalue weighted by molar-refractivity contribution is -0.141. The van der Waals surface area contributed by atoms with Gasteiger partial charge >= 0.3 is 0 Å². The summed E-state index contributed by atoms with van der Waals surface area (Å²) in [6.45, 7) is 45.7. The molecule has 18 nitrogen and oxygen atoms in total. The second kappa shape index (κ2) is 47.9. The van der Waals surface area contributed by atoms with Crippen LogP contribution in [0.4, 0.5) is 0 Å². The molecule has 1 rings (SSSR count). The number of likely N-dealkylation sites (tertiary alicyclic amines) is 1. The first-order valence-corrected chi connectivity index (χ1v) is 28.5. The Kier molecular flexibility index (Phi) is 59.2. The van der Waals surface area contributed by atoms with Crippen molar-refractivity contribution < 1.29 is 47.9 Å². The first-order chi connectivity index (χ1) is 35.2. The van der Waals surface area contributed by atoms with E-state index in [4.69, 9.17) is 40.1 Å². The van der Waals surface area contributed by atoms with Crippen molar-refractivity contribution in [3.8, 4) is 0 Å². The van der Waals surface area contributed by atoms with Gasteiger partial charge in [0, 0.05) is 70.6 Å². The number of nitrogens with zero attached hydrogens (tertiary/aromatic N) is 1. The van der Waals surface area contributed by atoms with E-state index in [0.717, 1.165) is 25.7 Å². The molecule has 1 aliphatic rings. The van der Waals surface area contributed by atoms with E-state index in [1.807, 2.05) is 138 Å². The van der Waals surface area contributed by atoms with Crippen molar-refractivity contribution in [1.29, 1.82) is 0 Å². The van der Waals surface area contributed by atoms with Crippen LogP contribution in [0.3, 0.4) is 0 Å². The molecule has 0 aliphatic carbocycles. The molecule has 0 aromatic heterocycles. The molecule has 1 amide bonds. The number of carbonyl (C=O) groups is 10. The van der Waals surface area contributed by atoms with Gasteiger partial charge in [0.25, 0.3) is 0 Å². The fraction of sp³-hybridized carbons (Fsp3) is 0.836. The number of amides is 1. The van der Waals surface area contributed by atoms with Crippen LogP contribution in [-0.4, -0.2) is 119 Å². The molecular weight excluding hydrogens is 1170 g/mol. The minimum absolute atomic E-state index is 0. The van der Waals surface area contributed by atoms with Gasteiger partial charge in [0.05, 0.1) is 42.8 Å². The molecule has 504 valence electrons. The van der Waals surface area contributed by atoms with E-state index in [-0.39, 0.29) is 203 Å². The summed E-state index contributed by atoms with van der Waals surface area (Å²) in [6, 6.07) is -2.52. The van der Waals surface area contributed by atoms with E-state index in [9.17, 15) is 47.9 Å². The van der Waals surface area contributed by atoms with Gasteiger partial charge in [-0.15, -0.1) is 0 Å². The Morgan fingerprint density at radius 3 is 1.17 bits per heavy atom. The van der Waals surface area contributed by atoms with Gasteiger partial charge < -0.3 is 49.8 Å². The lowest BCUT2D eigenvalue weighted by Crippen LogP contribution is -2.50. The highest BCUT2D eigenvalue weighted by Gasteiger charge is 2.40. The van der Waals surface area contributed by atoms with Crippen molar-refractivity contribution in [2.24, 2.45) is 84.5 Å². The molecule has 0 unspecified atom stereocenters. The largest absolute Gasteiger partial charge is 0.331 e. The van der Waals surface area contributed by atoms with Crippen molar-refractivity contribution in [2.75, 3.05) is 19.6 Å². The van der Waals surface area contributed by atoms with Crippen LogP contribution in [0.15, 0.2) is 0 Å². The van der Waals surface area contributed by atoms with Crippen LogP contribution >= 0.6 is 67.5 Å². The zero-order valence-corrected chi connectivity index (χ0v) is 61.9. The zero-order chi connectivity index (χ0) is 64.2. The van der Waals surface area contributed by atoms with Crippen LogP contribution in [0.25, 0.3) is 0 Å². The van der Waals surface area contributed by atoms with Gasteiger partial charge in [0.15, 0.2) is 23.1 Å². The van der Waals surface area contributed by atoms with Gasteiger partial charge in [-0.2, -0.15) is 67.5 Å². The highest BCUT2D eigenvalue weighted by Crippen LogP contribution is 2.28. The fourth-order valence-corrected chi connectivity index (χ4v) is 7.08. The Bertz CT molecular complexity index is 1930. The van der Waals surface area contributed by atoms with Crippen LogP contribution < -0.4 is 40.1 Å². The molecule has 23 heteroatoms. The Morgan fingerprint density at radius 2 is 0.893 bits per heavy atom. The second-order valence-electron chi connectivity index (χ2n) is 27.8. The van der Waals surface area contributed by atoms with E-state index in [0.29, 0.717) is 32.4 Å². The smallest absolute Gasteiger partial charge is 0.240 e. The summed E-state index contributed by atoms with van der Waals surface area (Å²) in [6.07, 6.45) is 5.38. The van der Waals surface area contributed by atoms with E-state index < -0.39 is 29.0 Å². The SMILES string of the molecule is CC(=O)CC[C@H](N)C(=O)CCC(=O)C(C)(C)C.CC(C)(C)C(=O)CN.CC(C)(C)C(=O)[C@@H]1CCCN1C(=O)[C@@H](N)CCCCN.CC(C)[C@H](N)C(=O)C(C)(C)C.C[C@H](N)C(=O)C(C)(C)C.C[C@H](N)C(=O)C[C@@H](C)C(=O)C(C)(C)C.S.S.S.S.S. The van der Waals surface area contributed by atoms with E-state index in [1.54, 1.807) is 25.7 Å². The minimum atomic E-state index is -0.619. The average Bonchev–Trinajstić information content (AvgIpc) is 3.79. The second-order valence-corrected chi connectivity index (χ2v) is 27.8. The first kappa shape index (κ1) is 104. The number of Topliss-reactive ketones (excluding diaryl/α,β-unsaturated/α-hetero) is 9. The number of carbonyl (C=O) groups excluding carboxylic acids is 10. The summed E-state index contributed by atoms with van der Waals surface area (Å²) in [5.74, 6) is 0.455. The molecule has 0 spiro atoms. The zero-order valence-electron chi connectivity index (χ0n) is 56.9. The molecule has 0 aromatic rings. The van der Waals surface area contributed by atoms with Crippen LogP contribution in [0.1, 0.15) is 230 Å². The first-order valence-electron chi connectivity index (χ1n) is 28.5. The van der Waals surface area contributed by atoms with Crippen molar-refractivity contribution in [3.05, 3.63) is 0 Å². The average molecular weight is 1300 g/mol. The lowest BCUT2D eigenvalue weighted by atomic mass is 9.81. The van der Waals surface area contributed by atoms with Crippen LogP contribution in [0, 0.1) is 44.3 Å². The molecule has 7 atom stereocenters. The van der Waals surface area contributed by atoms with Gasteiger partial charge in [0.2, 0.25) is 5.91 Å². The molecule has 14 N–H and O–H groups in total. The summed E-state index contributed by atoms with van der Waals surface area (Å²) in [5.41, 5.74) is 36.6. The Labute approximate surface area is 545 Å². The van der Waals surface area contributed by atoms with E-state index >= 15 is 0 Å². The third-order valence-electron chi connectivity index (χ3n) is 12.7. The van der Waals surface area contributed by atoms with Crippen molar-refractivity contribution >= 4 is 125 Å². The molecule has 0 saturated carbocycles. The van der Waals surface area contributed by atoms with E-state index in [2.05, 4.69) is 0 Å². The molecule has 1 saturated heterocycles. The number of rotatable bonds is 21. The third-order valence-corrected chi connectivity index (χ3v) is 12.7. The monoisotopic (exact) mass is 1290 g/mol. The van der Waals surface area contributed by atoms with Gasteiger partial charge in [-0.1, -0.05) is 152 Å². The molecule has 0 radical (unpaired) electrons. The highest BCUT2D eigenvalue weighted by atomic mass is 32.1. The van der Waals surface area contributed by atoms with Gasteiger partial charge in [0.1, 0.15) is 28.9 Å². The molecule has 84 heavy (non-hydrogen) atoms. The maximum absolute atomic E-state index is 12.4. The number of ketones is 9.